The number of thioether (sulfide) groups is 1. The van der Waals surface area contributed by atoms with E-state index in [2.05, 4.69) is 15.8 Å². The molecule has 0 aliphatic heterocycles. The number of halogens is 2. The highest BCUT2D eigenvalue weighted by Gasteiger charge is 2.10. The molecule has 0 atom stereocenters. The van der Waals surface area contributed by atoms with Crippen LogP contribution in [-0.2, 0) is 0 Å². The van der Waals surface area contributed by atoms with E-state index in [0.717, 1.165) is 6.07 Å². The average Bonchev–Trinajstić information content (AvgIpc) is 2.83. The van der Waals surface area contributed by atoms with E-state index in [9.17, 15) is 8.78 Å². The maximum atomic E-state index is 13.4. The fourth-order valence-corrected chi connectivity index (χ4v) is 2.93. The van der Waals surface area contributed by atoms with Crippen molar-refractivity contribution in [3.63, 3.8) is 0 Å². The second-order valence-corrected chi connectivity index (χ2v) is 5.24. The minimum Gasteiger partial charge on any atom is -0.359 e. The molecule has 0 radical (unpaired) electrons. The molecule has 0 unspecified atom stereocenters. The monoisotopic (exact) mass is 309 g/mol. The third-order valence-corrected chi connectivity index (χ3v) is 4.01. The van der Waals surface area contributed by atoms with E-state index in [-0.39, 0.29) is 5.69 Å². The molecule has 0 spiro atoms. The molecule has 1 aromatic heterocycles. The summed E-state index contributed by atoms with van der Waals surface area (Å²) in [5.74, 6) is -1.31. The molecule has 0 aliphatic carbocycles. The molecule has 1 N–H and O–H groups in total. The van der Waals surface area contributed by atoms with Crippen molar-refractivity contribution in [2.75, 3.05) is 11.6 Å². The van der Waals surface area contributed by atoms with Gasteiger partial charge in [-0.05, 0) is 36.0 Å². The van der Waals surface area contributed by atoms with Crippen LogP contribution in [0.2, 0.25) is 0 Å². The molecular formula is C13H9F2N3S2. The van der Waals surface area contributed by atoms with Gasteiger partial charge in [0.1, 0.15) is 28.3 Å². The summed E-state index contributed by atoms with van der Waals surface area (Å²) in [6.45, 7) is 0. The highest BCUT2D eigenvalue weighted by atomic mass is 32.2. The maximum absolute atomic E-state index is 13.4. The Morgan fingerprint density at radius 2 is 2.25 bits per heavy atom. The van der Waals surface area contributed by atoms with E-state index >= 15 is 0 Å². The quantitative estimate of drug-likeness (QED) is 0.864. The minimum absolute atomic E-state index is 0.163. The van der Waals surface area contributed by atoms with Crippen LogP contribution in [0.1, 0.15) is 10.4 Å². The SMILES string of the molecule is CSc1nsc(C=CNc2ccc(F)cc2F)c1C#N. The lowest BCUT2D eigenvalue weighted by Crippen LogP contribution is -1.92. The van der Waals surface area contributed by atoms with Crippen LogP contribution in [0.3, 0.4) is 0 Å². The van der Waals surface area contributed by atoms with Gasteiger partial charge in [0, 0.05) is 12.3 Å². The van der Waals surface area contributed by atoms with Crippen molar-refractivity contribution < 1.29 is 8.78 Å². The summed E-state index contributed by atoms with van der Waals surface area (Å²) in [4.78, 5) is 0.687. The number of rotatable bonds is 4. The van der Waals surface area contributed by atoms with Crippen LogP contribution in [0, 0.1) is 23.0 Å². The van der Waals surface area contributed by atoms with Crippen LogP contribution in [0.15, 0.2) is 29.4 Å². The molecule has 1 heterocycles. The van der Waals surface area contributed by atoms with Crippen molar-refractivity contribution in [3.05, 3.63) is 46.5 Å². The first kappa shape index (κ1) is 14.5. The van der Waals surface area contributed by atoms with Crippen molar-refractivity contribution in [2.45, 2.75) is 5.03 Å². The Labute approximate surface area is 123 Å². The zero-order valence-electron chi connectivity index (χ0n) is 10.4. The summed E-state index contributed by atoms with van der Waals surface area (Å²) in [7, 11) is 0. The van der Waals surface area contributed by atoms with E-state index in [1.165, 1.54) is 41.6 Å². The van der Waals surface area contributed by atoms with Gasteiger partial charge in [-0.25, -0.2) is 8.78 Å². The second kappa shape index (κ2) is 6.50. The predicted molar refractivity (Wildman–Crippen MR) is 77.6 cm³/mol. The van der Waals surface area contributed by atoms with Gasteiger partial charge in [0.15, 0.2) is 0 Å². The molecule has 3 nitrogen and oxygen atoms in total. The molecular weight excluding hydrogens is 300 g/mol. The fraction of sp³-hybridized carbons (Fsp3) is 0.0769. The Kier molecular flexibility index (Phi) is 4.71. The largest absolute Gasteiger partial charge is 0.359 e. The molecule has 102 valence electrons. The van der Waals surface area contributed by atoms with Crippen LogP contribution in [0.25, 0.3) is 6.08 Å². The molecule has 1 aromatic carbocycles. The van der Waals surface area contributed by atoms with Crippen LogP contribution < -0.4 is 5.32 Å². The molecule has 0 saturated carbocycles. The van der Waals surface area contributed by atoms with Crippen molar-refractivity contribution >= 4 is 35.1 Å². The van der Waals surface area contributed by atoms with Gasteiger partial charge in [-0.3, -0.25) is 0 Å². The van der Waals surface area contributed by atoms with Gasteiger partial charge < -0.3 is 5.32 Å². The highest BCUT2D eigenvalue weighted by molar-refractivity contribution is 7.98. The summed E-state index contributed by atoms with van der Waals surface area (Å²) in [5.41, 5.74) is 0.663. The molecule has 0 saturated heterocycles. The molecule has 0 aliphatic rings. The standard InChI is InChI=1S/C13H9F2N3S2/c1-19-13-9(7-16)12(20-18-13)4-5-17-11-3-2-8(14)6-10(11)15/h2-6,17H,1H3. The number of anilines is 1. The molecule has 2 rings (SSSR count). The number of aromatic nitrogens is 1. The molecule has 0 bridgehead atoms. The third-order valence-electron chi connectivity index (χ3n) is 2.40. The van der Waals surface area contributed by atoms with Crippen molar-refractivity contribution in [1.29, 1.82) is 5.26 Å². The van der Waals surface area contributed by atoms with Gasteiger partial charge in [-0.1, -0.05) is 0 Å². The average molecular weight is 309 g/mol. The Morgan fingerprint density at radius 1 is 1.45 bits per heavy atom. The summed E-state index contributed by atoms with van der Waals surface area (Å²) in [5, 5.41) is 12.4. The minimum atomic E-state index is -0.677. The van der Waals surface area contributed by atoms with Gasteiger partial charge in [0.2, 0.25) is 0 Å². The van der Waals surface area contributed by atoms with E-state index in [1.807, 2.05) is 6.26 Å². The molecule has 20 heavy (non-hydrogen) atoms. The van der Waals surface area contributed by atoms with E-state index in [1.54, 1.807) is 6.08 Å². The van der Waals surface area contributed by atoms with Gasteiger partial charge in [0.05, 0.1) is 10.6 Å². The van der Waals surface area contributed by atoms with E-state index in [4.69, 9.17) is 5.26 Å². The van der Waals surface area contributed by atoms with E-state index in [0.29, 0.717) is 15.5 Å². The van der Waals surface area contributed by atoms with Gasteiger partial charge in [-0.2, -0.15) is 9.64 Å². The zero-order valence-corrected chi connectivity index (χ0v) is 12.0. The second-order valence-electron chi connectivity index (χ2n) is 3.64. The topological polar surface area (TPSA) is 48.7 Å². The normalized spacial score (nSPS) is 10.7. The summed E-state index contributed by atoms with van der Waals surface area (Å²) in [6, 6.07) is 5.36. The Balaban J connectivity index is 2.15. The third kappa shape index (κ3) is 3.15. The molecule has 0 amide bonds. The fourth-order valence-electron chi connectivity index (χ4n) is 1.46. The lowest BCUT2D eigenvalue weighted by molar-refractivity contribution is 0.586. The van der Waals surface area contributed by atoms with Crippen LogP contribution in [0.4, 0.5) is 14.5 Å². The van der Waals surface area contributed by atoms with Crippen molar-refractivity contribution in [1.82, 2.24) is 4.37 Å². The van der Waals surface area contributed by atoms with Crippen LogP contribution >= 0.6 is 23.3 Å². The summed E-state index contributed by atoms with van der Waals surface area (Å²) >= 11 is 2.59. The number of nitrogens with one attached hydrogen (secondary N) is 1. The number of hydrogen-bond acceptors (Lipinski definition) is 5. The molecule has 2 aromatic rings. The first-order chi connectivity index (χ1) is 9.65. The van der Waals surface area contributed by atoms with Gasteiger partial charge in [0.25, 0.3) is 0 Å². The smallest absolute Gasteiger partial charge is 0.149 e. The lowest BCUT2D eigenvalue weighted by atomic mass is 10.3. The number of nitrogens with zero attached hydrogens (tertiary/aromatic N) is 2. The Bertz CT molecular complexity index is 689. The van der Waals surface area contributed by atoms with Gasteiger partial charge >= 0.3 is 0 Å². The summed E-state index contributed by atoms with van der Waals surface area (Å²) in [6.07, 6.45) is 4.98. The number of benzene rings is 1. The number of nitriles is 1. The zero-order chi connectivity index (χ0) is 14.5. The number of hydrogen-bond donors (Lipinski definition) is 1. The Hall–Kier alpha value is -1.91. The highest BCUT2D eigenvalue weighted by Crippen LogP contribution is 2.26. The maximum Gasteiger partial charge on any atom is 0.149 e. The summed E-state index contributed by atoms with van der Waals surface area (Å²) < 4.78 is 30.3. The lowest BCUT2D eigenvalue weighted by Gasteiger charge is -2.01. The predicted octanol–water partition coefficient (Wildman–Crippen LogP) is 4.10. The van der Waals surface area contributed by atoms with E-state index < -0.39 is 11.6 Å². The Morgan fingerprint density at radius 3 is 2.90 bits per heavy atom. The van der Waals surface area contributed by atoms with Crippen LogP contribution in [-0.4, -0.2) is 10.6 Å². The van der Waals surface area contributed by atoms with Crippen molar-refractivity contribution in [3.8, 4) is 6.07 Å². The first-order valence-corrected chi connectivity index (χ1v) is 7.47. The van der Waals surface area contributed by atoms with Gasteiger partial charge in [-0.15, -0.1) is 11.8 Å². The first-order valence-electron chi connectivity index (χ1n) is 5.47. The van der Waals surface area contributed by atoms with Crippen molar-refractivity contribution in [2.24, 2.45) is 0 Å². The molecule has 0 fully saturated rings. The molecule has 7 heteroatoms. The van der Waals surface area contributed by atoms with Crippen LogP contribution in [0.5, 0.6) is 0 Å².